The van der Waals surface area contributed by atoms with Gasteiger partial charge in [0.05, 0.1) is 6.61 Å². The fourth-order valence-corrected chi connectivity index (χ4v) is 4.41. The molecule has 0 bridgehead atoms. The lowest BCUT2D eigenvalue weighted by Crippen LogP contribution is -2.51. The minimum Gasteiger partial charge on any atom is -0.394 e. The molecular formula is C17H35N3O. The summed E-state index contributed by atoms with van der Waals surface area (Å²) in [5.41, 5.74) is -0.0484. The predicted molar refractivity (Wildman–Crippen MR) is 88.6 cm³/mol. The largest absolute Gasteiger partial charge is 0.394 e. The van der Waals surface area contributed by atoms with Crippen LogP contribution in [0.1, 0.15) is 52.9 Å². The Kier molecular flexibility index (Phi) is 6.06. The Balaban J connectivity index is 1.88. The van der Waals surface area contributed by atoms with Gasteiger partial charge in [-0.05, 0) is 52.2 Å². The Morgan fingerprint density at radius 1 is 1.38 bits per heavy atom. The lowest BCUT2D eigenvalue weighted by atomic mass is 9.97. The molecule has 0 aromatic carbocycles. The van der Waals surface area contributed by atoms with Gasteiger partial charge in [-0.25, -0.2) is 0 Å². The first-order valence-corrected chi connectivity index (χ1v) is 8.82. The number of rotatable bonds is 7. The highest BCUT2D eigenvalue weighted by atomic mass is 16.3. The van der Waals surface area contributed by atoms with Crippen molar-refractivity contribution in [2.45, 2.75) is 76.5 Å². The molecule has 3 unspecified atom stereocenters. The van der Waals surface area contributed by atoms with Crippen LogP contribution in [0.4, 0.5) is 0 Å². The van der Waals surface area contributed by atoms with E-state index in [1.54, 1.807) is 0 Å². The van der Waals surface area contributed by atoms with Gasteiger partial charge in [0.25, 0.3) is 0 Å². The van der Waals surface area contributed by atoms with E-state index in [1.807, 2.05) is 0 Å². The van der Waals surface area contributed by atoms with E-state index in [0.717, 1.165) is 18.9 Å². The third-order valence-electron chi connectivity index (χ3n) is 5.51. The molecule has 0 spiro atoms. The zero-order valence-corrected chi connectivity index (χ0v) is 14.4. The summed E-state index contributed by atoms with van der Waals surface area (Å²) in [5, 5.41) is 13.5. The fourth-order valence-electron chi connectivity index (χ4n) is 4.41. The zero-order valence-electron chi connectivity index (χ0n) is 14.4. The lowest BCUT2D eigenvalue weighted by molar-refractivity contribution is 0.130. The van der Waals surface area contributed by atoms with Gasteiger partial charge in [0.2, 0.25) is 0 Å². The molecule has 124 valence electrons. The molecule has 3 atom stereocenters. The van der Waals surface area contributed by atoms with Crippen LogP contribution >= 0.6 is 0 Å². The minimum absolute atomic E-state index is 0.0484. The summed E-state index contributed by atoms with van der Waals surface area (Å²) in [6, 6.07) is 1.79. The van der Waals surface area contributed by atoms with E-state index in [1.165, 1.54) is 38.9 Å². The maximum absolute atomic E-state index is 9.84. The molecule has 1 aliphatic heterocycles. The normalized spacial score (nSPS) is 34.4. The third kappa shape index (κ3) is 4.19. The number of nitrogens with one attached hydrogen (secondary N) is 1. The minimum atomic E-state index is -0.0484. The van der Waals surface area contributed by atoms with Crippen LogP contribution in [0.25, 0.3) is 0 Å². The van der Waals surface area contributed by atoms with Crippen LogP contribution in [-0.4, -0.2) is 71.9 Å². The van der Waals surface area contributed by atoms with Crippen molar-refractivity contribution in [1.29, 1.82) is 0 Å². The Bertz CT molecular complexity index is 323. The SMILES string of the molecule is CCN1CCCC1CN(C)C1CCC(CO)(NC(C)C)C1. The summed E-state index contributed by atoms with van der Waals surface area (Å²) < 4.78 is 0. The van der Waals surface area contributed by atoms with E-state index in [9.17, 15) is 5.11 Å². The van der Waals surface area contributed by atoms with E-state index in [-0.39, 0.29) is 12.1 Å². The highest BCUT2D eigenvalue weighted by molar-refractivity contribution is 5.00. The topological polar surface area (TPSA) is 38.7 Å². The zero-order chi connectivity index (χ0) is 15.5. The first-order chi connectivity index (χ1) is 9.99. The molecule has 0 radical (unpaired) electrons. The average molecular weight is 297 g/mol. The number of aliphatic hydroxyl groups excluding tert-OH is 1. The number of likely N-dealkylation sites (N-methyl/N-ethyl adjacent to an activating group) is 2. The van der Waals surface area contributed by atoms with Crippen LogP contribution in [0.3, 0.4) is 0 Å². The van der Waals surface area contributed by atoms with Gasteiger partial charge in [-0.2, -0.15) is 0 Å². The smallest absolute Gasteiger partial charge is 0.0614 e. The maximum atomic E-state index is 9.84. The molecule has 1 saturated carbocycles. The van der Waals surface area contributed by atoms with Crippen LogP contribution in [0.15, 0.2) is 0 Å². The molecule has 1 saturated heterocycles. The summed E-state index contributed by atoms with van der Waals surface area (Å²) in [6.07, 6.45) is 6.08. The molecule has 0 amide bonds. The summed E-state index contributed by atoms with van der Waals surface area (Å²) in [7, 11) is 2.28. The van der Waals surface area contributed by atoms with E-state index >= 15 is 0 Å². The standard InChI is InChI=1S/C17H35N3O/c1-5-20-10-6-7-16(20)12-19(4)15-8-9-17(11-15,13-21)18-14(2)3/h14-16,18,21H,5-13H2,1-4H3. The van der Waals surface area contributed by atoms with Crippen molar-refractivity contribution in [1.82, 2.24) is 15.1 Å². The first-order valence-electron chi connectivity index (χ1n) is 8.82. The van der Waals surface area contributed by atoms with Crippen LogP contribution < -0.4 is 5.32 Å². The van der Waals surface area contributed by atoms with Gasteiger partial charge in [0, 0.05) is 30.2 Å². The van der Waals surface area contributed by atoms with Crippen molar-refractivity contribution in [3.05, 3.63) is 0 Å². The molecular weight excluding hydrogens is 262 g/mol. The first kappa shape index (κ1) is 17.2. The fraction of sp³-hybridized carbons (Fsp3) is 1.00. The van der Waals surface area contributed by atoms with Crippen molar-refractivity contribution in [3.8, 4) is 0 Å². The summed E-state index contributed by atoms with van der Waals surface area (Å²) in [6.45, 7) is 10.5. The number of hydrogen-bond acceptors (Lipinski definition) is 4. The van der Waals surface area contributed by atoms with Gasteiger partial charge in [0.15, 0.2) is 0 Å². The lowest BCUT2D eigenvalue weighted by Gasteiger charge is -2.34. The van der Waals surface area contributed by atoms with Crippen molar-refractivity contribution in [3.63, 3.8) is 0 Å². The van der Waals surface area contributed by atoms with E-state index < -0.39 is 0 Å². The third-order valence-corrected chi connectivity index (χ3v) is 5.51. The molecule has 2 N–H and O–H groups in total. The van der Waals surface area contributed by atoms with Crippen molar-refractivity contribution in [2.24, 2.45) is 0 Å². The summed E-state index contributed by atoms with van der Waals surface area (Å²) >= 11 is 0. The van der Waals surface area contributed by atoms with Crippen molar-refractivity contribution < 1.29 is 5.11 Å². The van der Waals surface area contributed by atoms with Gasteiger partial charge in [-0.1, -0.05) is 20.8 Å². The van der Waals surface area contributed by atoms with Gasteiger partial charge >= 0.3 is 0 Å². The van der Waals surface area contributed by atoms with Gasteiger partial charge in [-0.15, -0.1) is 0 Å². The quantitative estimate of drug-likeness (QED) is 0.750. The average Bonchev–Trinajstić information content (AvgIpc) is 3.05. The number of aliphatic hydroxyl groups is 1. The molecule has 0 aromatic rings. The summed E-state index contributed by atoms with van der Waals surface area (Å²) in [4.78, 5) is 5.18. The van der Waals surface area contributed by atoms with E-state index in [4.69, 9.17) is 0 Å². The molecule has 4 nitrogen and oxygen atoms in total. The van der Waals surface area contributed by atoms with Crippen molar-refractivity contribution in [2.75, 3.05) is 33.3 Å². The van der Waals surface area contributed by atoms with E-state index in [0.29, 0.717) is 12.1 Å². The summed E-state index contributed by atoms with van der Waals surface area (Å²) in [5.74, 6) is 0. The Hall–Kier alpha value is -0.160. The molecule has 21 heavy (non-hydrogen) atoms. The molecule has 1 heterocycles. The molecule has 2 fully saturated rings. The molecule has 2 aliphatic rings. The van der Waals surface area contributed by atoms with Crippen LogP contribution in [0.5, 0.6) is 0 Å². The maximum Gasteiger partial charge on any atom is 0.0614 e. The highest BCUT2D eigenvalue weighted by Gasteiger charge is 2.41. The Morgan fingerprint density at radius 2 is 2.14 bits per heavy atom. The van der Waals surface area contributed by atoms with Crippen LogP contribution in [-0.2, 0) is 0 Å². The number of nitrogens with zero attached hydrogens (tertiary/aromatic N) is 2. The van der Waals surface area contributed by atoms with E-state index in [2.05, 4.69) is 42.9 Å². The Morgan fingerprint density at radius 3 is 2.76 bits per heavy atom. The second kappa shape index (κ2) is 7.40. The van der Waals surface area contributed by atoms with Crippen molar-refractivity contribution >= 4 is 0 Å². The second-order valence-electron chi connectivity index (χ2n) is 7.50. The van der Waals surface area contributed by atoms with Gasteiger partial charge < -0.3 is 15.3 Å². The second-order valence-corrected chi connectivity index (χ2v) is 7.50. The highest BCUT2D eigenvalue weighted by Crippen LogP contribution is 2.33. The monoisotopic (exact) mass is 297 g/mol. The molecule has 0 aromatic heterocycles. The van der Waals surface area contributed by atoms with Crippen LogP contribution in [0, 0.1) is 0 Å². The predicted octanol–water partition coefficient (Wildman–Crippen LogP) is 1.68. The molecule has 2 rings (SSSR count). The molecule has 4 heteroatoms. The van der Waals surface area contributed by atoms with Gasteiger partial charge in [0.1, 0.15) is 0 Å². The van der Waals surface area contributed by atoms with Gasteiger partial charge in [-0.3, -0.25) is 4.90 Å². The molecule has 1 aliphatic carbocycles. The Labute approximate surface area is 130 Å². The number of likely N-dealkylation sites (tertiary alicyclic amines) is 1. The van der Waals surface area contributed by atoms with Crippen LogP contribution in [0.2, 0.25) is 0 Å². The number of hydrogen-bond donors (Lipinski definition) is 2.